The molecule has 4 aromatic rings. The Balaban J connectivity index is 0.000000485. The quantitative estimate of drug-likeness (QED) is 0.140. The van der Waals surface area contributed by atoms with E-state index in [0.717, 1.165) is 62.9 Å². The third-order valence-electron chi connectivity index (χ3n) is 15.3. The van der Waals surface area contributed by atoms with Crippen LogP contribution in [0.25, 0.3) is 0 Å². The zero-order valence-electron chi connectivity index (χ0n) is 53.8. The molecule has 1 aliphatic carbocycles. The second kappa shape index (κ2) is 28.6. The number of benzene rings is 4. The van der Waals surface area contributed by atoms with Gasteiger partial charge in [-0.3, -0.25) is 36.0 Å². The fourth-order valence-corrected chi connectivity index (χ4v) is 10.9. The van der Waals surface area contributed by atoms with Gasteiger partial charge in [0.1, 0.15) is 0 Å². The minimum atomic E-state index is -0.0711. The van der Waals surface area contributed by atoms with Crippen LogP contribution in [-0.2, 0) is 43.3 Å². The summed E-state index contributed by atoms with van der Waals surface area (Å²) in [6.45, 7) is 53.0. The Bertz CT molecular complexity index is 2140. The normalized spacial score (nSPS) is 16.8. The molecule has 78 heavy (non-hydrogen) atoms. The van der Waals surface area contributed by atoms with Gasteiger partial charge in [0.15, 0.2) is 0 Å². The van der Waals surface area contributed by atoms with Gasteiger partial charge in [0, 0.05) is 0 Å². The van der Waals surface area contributed by atoms with Crippen molar-refractivity contribution in [2.75, 3.05) is 0 Å². The molecule has 4 nitrogen and oxygen atoms in total. The fraction of sp³-hybridized carbons (Fsp3) is 0.577. The van der Waals surface area contributed by atoms with Crippen molar-refractivity contribution in [3.63, 3.8) is 0 Å². The maximum absolute atomic E-state index is 12.3. The molecule has 2 aliphatic heterocycles. The van der Waals surface area contributed by atoms with Gasteiger partial charge in [-0.05, 0) is 43.3 Å². The van der Waals surface area contributed by atoms with Crippen molar-refractivity contribution in [1.29, 1.82) is 0 Å². The number of fused-ring (bicyclic) bond motifs is 2. The monoisotopic (exact) mass is 1510 g/mol. The van der Waals surface area contributed by atoms with E-state index in [0.29, 0.717) is 0 Å². The van der Waals surface area contributed by atoms with Crippen molar-refractivity contribution in [3.05, 3.63) is 153 Å². The van der Waals surface area contributed by atoms with Crippen LogP contribution in [-0.4, -0.2) is 6.71 Å². The number of hydrogen-bond acceptors (Lipinski definition) is 4. The van der Waals surface area contributed by atoms with E-state index < -0.39 is 0 Å². The average molecular weight is 1510 g/mol. The van der Waals surface area contributed by atoms with Crippen molar-refractivity contribution in [2.45, 2.75) is 267 Å². The Kier molecular flexibility index (Phi) is 27.0. The van der Waals surface area contributed by atoms with E-state index >= 15 is 0 Å². The third-order valence-corrected chi connectivity index (χ3v) is 15.3. The Morgan fingerprint density at radius 1 is 0.333 bits per heavy atom. The molecule has 2 bridgehead atoms. The fourth-order valence-electron chi connectivity index (χ4n) is 10.9. The van der Waals surface area contributed by atoms with Crippen LogP contribution in [0.5, 0.6) is 23.0 Å². The number of para-hydroxylation sites is 4. The summed E-state index contributed by atoms with van der Waals surface area (Å²) in [7, 11) is 0. The molecule has 0 spiro atoms. The molecule has 0 N–H and O–H groups in total. The predicted molar refractivity (Wildman–Crippen MR) is 325 cm³/mol. The van der Waals surface area contributed by atoms with Crippen LogP contribution in [0.1, 0.15) is 256 Å². The molecule has 2 fully saturated rings. The van der Waals surface area contributed by atoms with Crippen LogP contribution in [0.4, 0.5) is 0 Å². The summed E-state index contributed by atoms with van der Waals surface area (Å²) in [6.07, 6.45) is 18.2. The van der Waals surface area contributed by atoms with Gasteiger partial charge < -0.3 is 20.4 Å². The van der Waals surface area contributed by atoms with E-state index in [1.807, 2.05) is 72.8 Å². The molecule has 0 aromatic heterocycles. The van der Waals surface area contributed by atoms with Crippen LogP contribution in [0.15, 0.2) is 96.0 Å². The maximum Gasteiger partial charge on any atom is 3.00 e. The minimum absolute atomic E-state index is 0. The van der Waals surface area contributed by atoms with E-state index in [1.165, 1.54) is 44.1 Å². The minimum Gasteiger partial charge on any atom is -0.872 e. The van der Waals surface area contributed by atoms with Gasteiger partial charge in [-0.1, -0.05) is 334 Å². The Hall–Kier alpha value is -2.53. The van der Waals surface area contributed by atoms with E-state index in [4.69, 9.17) is 0 Å². The molecule has 2 heterocycles. The standard InChI is InChI=1S/C15H21B.4C14H22O.2U/c1-12-8-10-15(11-9-12)16-13-4-2-5-14(16)7-3-6-13;4*1-13(2,3)10-8-7-9-11(12(10)15)14(4,5)6;;/h8-11,13-14H,2-7H2,1H3;4*7-9,15H,1-6H3;;/q-2;;;;;2*+3/p-4. The van der Waals surface area contributed by atoms with E-state index in [-0.39, 0.29) is 129 Å². The van der Waals surface area contributed by atoms with Crippen LogP contribution >= 0.6 is 0 Å². The first kappa shape index (κ1) is 73.5. The number of rotatable bonds is 1. The van der Waals surface area contributed by atoms with Crippen LogP contribution in [0, 0.1) is 75.1 Å². The summed E-state index contributed by atoms with van der Waals surface area (Å²) in [5.74, 6) is 2.82. The Morgan fingerprint density at radius 3 is 0.679 bits per heavy atom. The number of allylic oxidation sites excluding steroid dienone is 4. The molecule has 7 heteroatoms. The maximum atomic E-state index is 12.3. The summed E-state index contributed by atoms with van der Waals surface area (Å²) in [6, 6.07) is 23.5. The summed E-state index contributed by atoms with van der Waals surface area (Å²) in [5, 5.41) is 49.0. The Morgan fingerprint density at radius 2 is 0.526 bits per heavy atom. The van der Waals surface area contributed by atoms with Gasteiger partial charge >= 0.3 is 62.2 Å². The molecule has 0 unspecified atom stereocenters. The van der Waals surface area contributed by atoms with Gasteiger partial charge in [-0.25, -0.2) is 0 Å². The summed E-state index contributed by atoms with van der Waals surface area (Å²) in [4.78, 5) is 0. The molecule has 424 valence electrons. The molecule has 2 radical (unpaired) electrons. The van der Waals surface area contributed by atoms with Crippen molar-refractivity contribution in [1.82, 2.24) is 0 Å². The smallest absolute Gasteiger partial charge is 0.872 e. The third kappa shape index (κ3) is 21.0. The van der Waals surface area contributed by atoms with Crippen molar-refractivity contribution in [2.24, 2.45) is 0 Å². The summed E-state index contributed by atoms with van der Waals surface area (Å²) >= 11 is 0. The molecule has 4 aromatic carbocycles. The molecule has 7 rings (SSSR count). The van der Waals surface area contributed by atoms with Gasteiger partial charge in [0.05, 0.1) is 6.71 Å². The largest absolute Gasteiger partial charge is 3.00 e. The summed E-state index contributed by atoms with van der Waals surface area (Å²) < 4.78 is 0. The molecule has 0 atom stereocenters. The Labute approximate surface area is 527 Å². The van der Waals surface area contributed by atoms with Crippen molar-refractivity contribution < 1.29 is 82.7 Å². The van der Waals surface area contributed by atoms with Gasteiger partial charge in [0.25, 0.3) is 0 Å². The molecule has 0 saturated carbocycles. The molecular formula is C71H105BO4U2. The molecule has 0 amide bonds. The first-order chi connectivity index (χ1) is 34.4. The topological polar surface area (TPSA) is 92.2 Å². The van der Waals surface area contributed by atoms with Crippen molar-refractivity contribution >= 4 is 6.71 Å². The second-order valence-corrected chi connectivity index (χ2v) is 30.5. The SMILES string of the molecule is CC(C)(C)c1cccc(C(C)(C)C)c1[O-].CC(C)(C)c1cccc(C(C)(C)C)c1[O-].CC(C)(C)c1cccc(C(C)(C)C)c1[O-].CC(C)(C)c1cccc(C(C)(C)C)c1[O-].CC1=C[CH-]C(B2C3CCCC2CCC3)=C[CH-]1.[U+3].[U+3]. The van der Waals surface area contributed by atoms with Gasteiger partial charge in [0.2, 0.25) is 0 Å². The van der Waals surface area contributed by atoms with Crippen LogP contribution < -0.4 is 20.4 Å². The van der Waals surface area contributed by atoms with E-state index in [2.05, 4.69) is 198 Å². The van der Waals surface area contributed by atoms with E-state index in [1.54, 1.807) is 5.47 Å². The van der Waals surface area contributed by atoms with Crippen molar-refractivity contribution in [3.8, 4) is 23.0 Å². The first-order valence-electron chi connectivity index (χ1n) is 28.7. The molecule has 2 saturated heterocycles. The zero-order chi connectivity index (χ0) is 58.4. The van der Waals surface area contributed by atoms with Crippen LogP contribution in [0.3, 0.4) is 0 Å². The predicted octanol–water partition coefficient (Wildman–Crippen LogP) is 17.8. The van der Waals surface area contributed by atoms with E-state index in [9.17, 15) is 20.4 Å². The average Bonchev–Trinajstić information content (AvgIpc) is 3.24. The first-order valence-corrected chi connectivity index (χ1v) is 28.7. The second-order valence-electron chi connectivity index (χ2n) is 30.5. The zero-order valence-corrected chi connectivity index (χ0v) is 62.2. The number of hydrogen-bond donors (Lipinski definition) is 0. The summed E-state index contributed by atoms with van der Waals surface area (Å²) in [5.41, 5.74) is 9.75. The van der Waals surface area contributed by atoms with Gasteiger partial charge in [-0.2, -0.15) is 0 Å². The molecular weight excluding hydrogens is 1400 g/mol. The van der Waals surface area contributed by atoms with Crippen LogP contribution in [0.2, 0.25) is 11.6 Å². The molecule has 3 aliphatic rings. The van der Waals surface area contributed by atoms with Gasteiger partial charge in [-0.15, -0.1) is 29.9 Å².